The van der Waals surface area contributed by atoms with Gasteiger partial charge >= 0.3 is 0 Å². The first-order chi connectivity index (χ1) is 18.2. The van der Waals surface area contributed by atoms with Crippen LogP contribution in [0.2, 0.25) is 0 Å². The van der Waals surface area contributed by atoms with Crippen molar-refractivity contribution in [2.45, 2.75) is 45.3 Å². The third-order valence-corrected chi connectivity index (χ3v) is 7.48. The summed E-state index contributed by atoms with van der Waals surface area (Å²) in [7, 11) is -3.96. The molecule has 0 aromatic heterocycles. The van der Waals surface area contributed by atoms with Crippen molar-refractivity contribution in [3.63, 3.8) is 0 Å². The van der Waals surface area contributed by atoms with E-state index in [-0.39, 0.29) is 24.6 Å². The number of anilines is 1. The van der Waals surface area contributed by atoms with E-state index in [1.807, 2.05) is 75.4 Å². The number of amides is 2. The van der Waals surface area contributed by atoms with Gasteiger partial charge in [0.25, 0.3) is 0 Å². The van der Waals surface area contributed by atoms with Crippen LogP contribution >= 0.6 is 15.9 Å². The molecule has 0 saturated carbocycles. The van der Waals surface area contributed by atoms with Gasteiger partial charge in [0.2, 0.25) is 21.8 Å². The summed E-state index contributed by atoms with van der Waals surface area (Å²) in [6, 6.07) is 20.7. The van der Waals surface area contributed by atoms with Crippen LogP contribution in [0.5, 0.6) is 0 Å². The Kier molecular flexibility index (Phi) is 9.90. The monoisotopic (exact) mass is 617 g/mol. The fourth-order valence-electron chi connectivity index (χ4n) is 4.04. The first-order valence-electron chi connectivity index (χ1n) is 12.4. The fraction of sp³-hybridized carbons (Fsp3) is 0.310. The molecule has 3 aromatic carbocycles. The van der Waals surface area contributed by atoms with Crippen LogP contribution in [0.1, 0.15) is 31.9 Å². The van der Waals surface area contributed by atoms with Gasteiger partial charge in [-0.05, 0) is 62.2 Å². The molecule has 3 aromatic rings. The van der Waals surface area contributed by atoms with Crippen LogP contribution in [0.3, 0.4) is 0 Å². The van der Waals surface area contributed by atoms with E-state index in [0.717, 1.165) is 32.2 Å². The fourth-order valence-corrected chi connectivity index (χ4v) is 5.14. The Labute approximate surface area is 238 Å². The Hall–Kier alpha value is -3.24. The van der Waals surface area contributed by atoms with Crippen LogP contribution < -0.4 is 9.62 Å². The molecule has 0 spiro atoms. The van der Waals surface area contributed by atoms with Gasteiger partial charge in [0, 0.05) is 23.0 Å². The number of carbonyl (C=O) groups excluding carboxylic acids is 2. The van der Waals surface area contributed by atoms with Crippen LogP contribution in [0, 0.1) is 5.82 Å². The summed E-state index contributed by atoms with van der Waals surface area (Å²) in [5.74, 6) is -1.60. The molecule has 0 saturated heterocycles. The van der Waals surface area contributed by atoms with Gasteiger partial charge in [-0.15, -0.1) is 0 Å². The van der Waals surface area contributed by atoms with Crippen molar-refractivity contribution < 1.29 is 22.4 Å². The normalized spacial score (nSPS) is 12.5. The van der Waals surface area contributed by atoms with Gasteiger partial charge in [0.05, 0.1) is 11.9 Å². The number of halogens is 2. The Bertz CT molecular complexity index is 1390. The molecular formula is C29H33BrFN3O4S. The molecule has 10 heteroatoms. The second-order valence-corrected chi connectivity index (χ2v) is 13.2. The topological polar surface area (TPSA) is 86.8 Å². The smallest absolute Gasteiger partial charge is 0.244 e. The quantitative estimate of drug-likeness (QED) is 0.350. The standard InChI is InChI=1S/C29H33BrFN3O4S/c1-29(2,3)32-28(36)26(17-21-9-6-5-7-10-21)33(19-22-13-15-23(30)16-14-22)27(35)20-34(39(4,37)38)25-12-8-11-24(31)18-25/h5-16,18,26H,17,19-20H2,1-4H3,(H,32,36)/t26-/m1/s1. The molecule has 0 aliphatic heterocycles. The van der Waals surface area contributed by atoms with E-state index in [9.17, 15) is 22.4 Å². The summed E-state index contributed by atoms with van der Waals surface area (Å²) in [5.41, 5.74) is 1.04. The van der Waals surface area contributed by atoms with Crippen molar-refractivity contribution in [1.82, 2.24) is 10.2 Å². The van der Waals surface area contributed by atoms with Crippen LogP contribution in [-0.2, 0) is 32.6 Å². The van der Waals surface area contributed by atoms with Gasteiger partial charge < -0.3 is 10.2 Å². The molecule has 0 aliphatic rings. The zero-order chi connectivity index (χ0) is 28.8. The Morgan fingerprint density at radius 1 is 0.949 bits per heavy atom. The van der Waals surface area contributed by atoms with Crippen LogP contribution in [0.4, 0.5) is 10.1 Å². The molecule has 0 radical (unpaired) electrons. The summed E-state index contributed by atoms with van der Waals surface area (Å²) in [4.78, 5) is 29.0. The lowest BCUT2D eigenvalue weighted by atomic mass is 10.0. The molecule has 0 unspecified atom stereocenters. The van der Waals surface area contributed by atoms with E-state index in [4.69, 9.17) is 0 Å². The summed E-state index contributed by atoms with van der Waals surface area (Å²) in [5, 5.41) is 2.97. The summed E-state index contributed by atoms with van der Waals surface area (Å²) in [6.45, 7) is 5.00. The maximum atomic E-state index is 14.0. The van der Waals surface area contributed by atoms with E-state index < -0.39 is 39.9 Å². The Morgan fingerprint density at radius 3 is 2.15 bits per heavy atom. The molecule has 0 heterocycles. The minimum Gasteiger partial charge on any atom is -0.350 e. The molecule has 7 nitrogen and oxygen atoms in total. The Morgan fingerprint density at radius 2 is 1.59 bits per heavy atom. The van der Waals surface area contributed by atoms with Crippen molar-refractivity contribution in [2.24, 2.45) is 0 Å². The summed E-state index contributed by atoms with van der Waals surface area (Å²) < 4.78 is 41.2. The average Bonchev–Trinajstić information content (AvgIpc) is 2.84. The van der Waals surface area contributed by atoms with Gasteiger partial charge in [-0.25, -0.2) is 12.8 Å². The predicted octanol–water partition coefficient (Wildman–Crippen LogP) is 4.91. The molecule has 39 heavy (non-hydrogen) atoms. The summed E-state index contributed by atoms with van der Waals surface area (Å²) >= 11 is 3.41. The molecule has 0 bridgehead atoms. The zero-order valence-corrected chi connectivity index (χ0v) is 24.8. The molecule has 1 atom stereocenters. The molecule has 2 amide bonds. The highest BCUT2D eigenvalue weighted by atomic mass is 79.9. The second kappa shape index (κ2) is 12.7. The lowest BCUT2D eigenvalue weighted by Gasteiger charge is -2.35. The van der Waals surface area contributed by atoms with Crippen LogP contribution in [-0.4, -0.2) is 49.5 Å². The number of benzene rings is 3. The SMILES string of the molecule is CC(C)(C)NC(=O)[C@@H](Cc1ccccc1)N(Cc1ccc(Br)cc1)C(=O)CN(c1cccc(F)c1)S(C)(=O)=O. The van der Waals surface area contributed by atoms with Crippen molar-refractivity contribution in [3.05, 3.63) is 100 Å². The first-order valence-corrected chi connectivity index (χ1v) is 15.0. The van der Waals surface area contributed by atoms with Gasteiger partial charge in [0.15, 0.2) is 0 Å². The maximum absolute atomic E-state index is 14.0. The van der Waals surface area contributed by atoms with Crippen LogP contribution in [0.15, 0.2) is 83.3 Å². The van der Waals surface area contributed by atoms with Crippen LogP contribution in [0.25, 0.3) is 0 Å². The lowest BCUT2D eigenvalue weighted by molar-refractivity contribution is -0.140. The summed E-state index contributed by atoms with van der Waals surface area (Å²) in [6.07, 6.45) is 1.17. The molecule has 208 valence electrons. The third kappa shape index (κ3) is 9.18. The molecule has 1 N–H and O–H groups in total. The highest BCUT2D eigenvalue weighted by Crippen LogP contribution is 2.22. The largest absolute Gasteiger partial charge is 0.350 e. The number of carbonyl (C=O) groups is 2. The number of sulfonamides is 1. The minimum atomic E-state index is -3.96. The minimum absolute atomic E-state index is 0.0215. The van der Waals surface area contributed by atoms with E-state index in [2.05, 4.69) is 21.2 Å². The van der Waals surface area contributed by atoms with Crippen molar-refractivity contribution in [3.8, 4) is 0 Å². The van der Waals surface area contributed by atoms with E-state index in [1.54, 1.807) is 0 Å². The van der Waals surface area contributed by atoms with Gasteiger partial charge in [-0.2, -0.15) is 0 Å². The average molecular weight is 619 g/mol. The van der Waals surface area contributed by atoms with Crippen molar-refractivity contribution in [1.29, 1.82) is 0 Å². The van der Waals surface area contributed by atoms with Crippen molar-refractivity contribution in [2.75, 3.05) is 17.1 Å². The predicted molar refractivity (Wildman–Crippen MR) is 155 cm³/mol. The lowest BCUT2D eigenvalue weighted by Crippen LogP contribution is -2.56. The molecule has 0 fully saturated rings. The number of hydrogen-bond acceptors (Lipinski definition) is 4. The highest BCUT2D eigenvalue weighted by molar-refractivity contribution is 9.10. The van der Waals surface area contributed by atoms with E-state index in [0.29, 0.717) is 0 Å². The molecule has 3 rings (SSSR count). The number of hydrogen-bond donors (Lipinski definition) is 1. The van der Waals surface area contributed by atoms with Gasteiger partial charge in [-0.3, -0.25) is 13.9 Å². The van der Waals surface area contributed by atoms with Gasteiger partial charge in [-0.1, -0.05) is 64.5 Å². The van der Waals surface area contributed by atoms with E-state index >= 15 is 0 Å². The number of rotatable bonds is 10. The molecular weight excluding hydrogens is 585 g/mol. The number of nitrogens with one attached hydrogen (secondary N) is 1. The van der Waals surface area contributed by atoms with Gasteiger partial charge in [0.1, 0.15) is 18.4 Å². The second-order valence-electron chi connectivity index (χ2n) is 10.3. The maximum Gasteiger partial charge on any atom is 0.244 e. The zero-order valence-electron chi connectivity index (χ0n) is 22.4. The highest BCUT2D eigenvalue weighted by Gasteiger charge is 2.34. The Balaban J connectivity index is 2.07. The van der Waals surface area contributed by atoms with E-state index in [1.165, 1.54) is 23.1 Å². The first kappa shape index (κ1) is 30.3. The van der Waals surface area contributed by atoms with Crippen molar-refractivity contribution >= 4 is 43.5 Å². The third-order valence-electron chi connectivity index (χ3n) is 5.81. The number of nitrogens with zero attached hydrogens (tertiary/aromatic N) is 2. The molecule has 0 aliphatic carbocycles.